The van der Waals surface area contributed by atoms with Crippen LogP contribution in [0.4, 0.5) is 5.69 Å². The maximum absolute atomic E-state index is 12.0. The quantitative estimate of drug-likeness (QED) is 0.487. The summed E-state index contributed by atoms with van der Waals surface area (Å²) in [6, 6.07) is 7.35. The van der Waals surface area contributed by atoms with Crippen molar-refractivity contribution in [1.82, 2.24) is 0 Å². The van der Waals surface area contributed by atoms with E-state index >= 15 is 0 Å². The minimum Gasteiger partial charge on any atom is -0.411 e. The van der Waals surface area contributed by atoms with Crippen LogP contribution in [-0.4, -0.2) is 16.8 Å². The van der Waals surface area contributed by atoms with Crippen molar-refractivity contribution in [2.75, 3.05) is 5.32 Å². The van der Waals surface area contributed by atoms with E-state index in [0.29, 0.717) is 17.3 Å². The summed E-state index contributed by atoms with van der Waals surface area (Å²) >= 11 is 0. The first-order valence-electron chi connectivity index (χ1n) is 6.22. The number of carbonyl (C=O) groups is 1. The molecule has 0 radical (unpaired) electrons. The van der Waals surface area contributed by atoms with Crippen LogP contribution < -0.4 is 5.32 Å². The third kappa shape index (κ3) is 2.70. The van der Waals surface area contributed by atoms with E-state index in [2.05, 4.69) is 10.5 Å². The van der Waals surface area contributed by atoms with E-state index in [-0.39, 0.29) is 11.8 Å². The lowest BCUT2D eigenvalue weighted by Crippen LogP contribution is -2.22. The Bertz CT molecular complexity index is 478. The molecule has 2 N–H and O–H groups in total. The molecule has 1 unspecified atom stereocenters. The van der Waals surface area contributed by atoms with Gasteiger partial charge in [0.05, 0.1) is 5.71 Å². The minimum absolute atomic E-state index is 0.0377. The highest BCUT2D eigenvalue weighted by Crippen LogP contribution is 2.37. The Hall–Kier alpha value is -1.84. The number of anilines is 1. The summed E-state index contributed by atoms with van der Waals surface area (Å²) in [5.74, 6) is 0.616. The van der Waals surface area contributed by atoms with E-state index in [1.807, 2.05) is 31.2 Å². The van der Waals surface area contributed by atoms with Gasteiger partial charge in [-0.25, -0.2) is 0 Å². The number of hydrogen-bond donors (Lipinski definition) is 2. The molecule has 0 aliphatic heterocycles. The van der Waals surface area contributed by atoms with Gasteiger partial charge in [-0.1, -0.05) is 30.3 Å². The second-order valence-electron chi connectivity index (χ2n) is 4.85. The molecule has 1 atom stereocenters. The number of nitrogens with zero attached hydrogens (tertiary/aromatic N) is 1. The predicted molar refractivity (Wildman–Crippen MR) is 71.0 cm³/mol. The number of para-hydroxylation sites is 1. The molecule has 0 saturated heterocycles. The van der Waals surface area contributed by atoms with Crippen LogP contribution in [0.2, 0.25) is 0 Å². The molecule has 0 heterocycles. The standard InChI is InChI=1S/C14H18N2O2/c1-9(11-7-8-11)14(17)15-13-6-4-3-5-12(13)10(2)16-18/h3-6,9,11,18H,7-8H2,1-2H3,(H,15,17)/b16-10+. The molecular formula is C14H18N2O2. The Balaban J connectivity index is 2.15. The lowest BCUT2D eigenvalue weighted by Gasteiger charge is -2.13. The molecule has 1 saturated carbocycles. The molecule has 1 aliphatic rings. The predicted octanol–water partition coefficient (Wildman–Crippen LogP) is 2.87. The van der Waals surface area contributed by atoms with Crippen LogP contribution >= 0.6 is 0 Å². The van der Waals surface area contributed by atoms with E-state index in [9.17, 15) is 4.79 Å². The Morgan fingerprint density at radius 2 is 2.11 bits per heavy atom. The van der Waals surface area contributed by atoms with Crippen molar-refractivity contribution in [3.05, 3.63) is 29.8 Å². The lowest BCUT2D eigenvalue weighted by atomic mass is 10.0. The fourth-order valence-corrected chi connectivity index (χ4v) is 2.02. The Morgan fingerprint density at radius 3 is 2.72 bits per heavy atom. The van der Waals surface area contributed by atoms with Gasteiger partial charge in [0.2, 0.25) is 5.91 Å². The Morgan fingerprint density at radius 1 is 1.44 bits per heavy atom. The molecule has 96 valence electrons. The first-order valence-corrected chi connectivity index (χ1v) is 6.22. The van der Waals surface area contributed by atoms with Crippen molar-refractivity contribution in [3.63, 3.8) is 0 Å². The molecule has 0 aromatic heterocycles. The van der Waals surface area contributed by atoms with E-state index in [4.69, 9.17) is 5.21 Å². The second-order valence-corrected chi connectivity index (χ2v) is 4.85. The van der Waals surface area contributed by atoms with Crippen molar-refractivity contribution < 1.29 is 10.0 Å². The van der Waals surface area contributed by atoms with Crippen LogP contribution in [0.1, 0.15) is 32.3 Å². The van der Waals surface area contributed by atoms with Crippen molar-refractivity contribution in [3.8, 4) is 0 Å². The SMILES string of the molecule is C/C(=N\O)c1ccccc1NC(=O)C(C)C1CC1. The average Bonchev–Trinajstić information content (AvgIpc) is 3.22. The summed E-state index contributed by atoms with van der Waals surface area (Å²) in [4.78, 5) is 12.0. The zero-order chi connectivity index (χ0) is 13.1. The fourth-order valence-electron chi connectivity index (χ4n) is 2.02. The largest absolute Gasteiger partial charge is 0.411 e. The summed E-state index contributed by atoms with van der Waals surface area (Å²) in [5.41, 5.74) is 1.94. The van der Waals surface area contributed by atoms with E-state index in [1.165, 1.54) is 0 Å². The number of hydrogen-bond acceptors (Lipinski definition) is 3. The summed E-state index contributed by atoms with van der Waals surface area (Å²) in [7, 11) is 0. The van der Waals surface area contributed by atoms with Crippen LogP contribution in [-0.2, 0) is 4.79 Å². The smallest absolute Gasteiger partial charge is 0.227 e. The van der Waals surface area contributed by atoms with Gasteiger partial charge in [0.1, 0.15) is 0 Å². The van der Waals surface area contributed by atoms with Crippen LogP contribution in [0.3, 0.4) is 0 Å². The molecular weight excluding hydrogens is 228 g/mol. The summed E-state index contributed by atoms with van der Waals surface area (Å²) in [5, 5.41) is 14.9. The van der Waals surface area contributed by atoms with Crippen LogP contribution in [0.5, 0.6) is 0 Å². The lowest BCUT2D eigenvalue weighted by molar-refractivity contribution is -0.119. The van der Waals surface area contributed by atoms with Gasteiger partial charge in [-0.15, -0.1) is 0 Å². The summed E-state index contributed by atoms with van der Waals surface area (Å²) < 4.78 is 0. The maximum atomic E-state index is 12.0. The van der Waals surface area contributed by atoms with E-state index < -0.39 is 0 Å². The van der Waals surface area contributed by atoms with E-state index in [1.54, 1.807) is 6.92 Å². The maximum Gasteiger partial charge on any atom is 0.227 e. The molecule has 0 bridgehead atoms. The highest BCUT2D eigenvalue weighted by molar-refractivity contribution is 6.06. The number of amides is 1. The molecule has 1 aromatic rings. The molecule has 1 aliphatic carbocycles. The molecule has 1 aromatic carbocycles. The molecule has 1 amide bonds. The minimum atomic E-state index is 0.0377. The number of nitrogens with one attached hydrogen (secondary N) is 1. The van der Waals surface area contributed by atoms with Gasteiger partial charge in [-0.3, -0.25) is 4.79 Å². The summed E-state index contributed by atoms with van der Waals surface area (Å²) in [6.07, 6.45) is 2.29. The molecule has 0 spiro atoms. The highest BCUT2D eigenvalue weighted by Gasteiger charge is 2.32. The molecule has 18 heavy (non-hydrogen) atoms. The Labute approximate surface area is 107 Å². The van der Waals surface area contributed by atoms with Gasteiger partial charge in [0.15, 0.2) is 0 Å². The first kappa shape index (κ1) is 12.6. The van der Waals surface area contributed by atoms with Crippen LogP contribution in [0, 0.1) is 11.8 Å². The number of carbonyl (C=O) groups excluding carboxylic acids is 1. The van der Waals surface area contributed by atoms with Crippen molar-refractivity contribution >= 4 is 17.3 Å². The number of rotatable bonds is 4. The molecule has 1 fully saturated rings. The molecule has 4 heteroatoms. The van der Waals surface area contributed by atoms with Crippen LogP contribution in [0.25, 0.3) is 0 Å². The Kier molecular flexibility index (Phi) is 3.65. The van der Waals surface area contributed by atoms with Gasteiger partial charge in [-0.2, -0.15) is 0 Å². The third-order valence-corrected chi connectivity index (χ3v) is 3.47. The van der Waals surface area contributed by atoms with Gasteiger partial charge in [0, 0.05) is 17.2 Å². The third-order valence-electron chi connectivity index (χ3n) is 3.47. The van der Waals surface area contributed by atoms with E-state index in [0.717, 1.165) is 18.4 Å². The van der Waals surface area contributed by atoms with Crippen molar-refractivity contribution in [2.45, 2.75) is 26.7 Å². The zero-order valence-electron chi connectivity index (χ0n) is 10.7. The molecule has 4 nitrogen and oxygen atoms in total. The normalized spacial score (nSPS) is 17.3. The fraction of sp³-hybridized carbons (Fsp3) is 0.429. The van der Waals surface area contributed by atoms with Crippen molar-refractivity contribution in [1.29, 1.82) is 0 Å². The highest BCUT2D eigenvalue weighted by atomic mass is 16.4. The first-order chi connectivity index (χ1) is 8.63. The summed E-state index contributed by atoms with van der Waals surface area (Å²) in [6.45, 7) is 3.66. The number of benzene rings is 1. The average molecular weight is 246 g/mol. The number of oxime groups is 1. The van der Waals surface area contributed by atoms with Gasteiger partial charge < -0.3 is 10.5 Å². The molecule has 2 rings (SSSR count). The zero-order valence-corrected chi connectivity index (χ0v) is 10.7. The second kappa shape index (κ2) is 5.21. The van der Waals surface area contributed by atoms with Gasteiger partial charge in [0.25, 0.3) is 0 Å². The van der Waals surface area contributed by atoms with Crippen molar-refractivity contribution in [2.24, 2.45) is 17.0 Å². The topological polar surface area (TPSA) is 61.7 Å². The van der Waals surface area contributed by atoms with Crippen LogP contribution in [0.15, 0.2) is 29.4 Å². The van der Waals surface area contributed by atoms with Gasteiger partial charge in [-0.05, 0) is 31.7 Å². The van der Waals surface area contributed by atoms with Gasteiger partial charge >= 0.3 is 0 Å². The monoisotopic (exact) mass is 246 g/mol.